The Bertz CT molecular complexity index is 856. The first-order valence-electron chi connectivity index (χ1n) is 10.2. The van der Waals surface area contributed by atoms with Gasteiger partial charge >= 0.3 is 0 Å². The summed E-state index contributed by atoms with van der Waals surface area (Å²) in [5.74, 6) is -0.417. The lowest BCUT2D eigenvalue weighted by molar-refractivity contribution is -0.131. The van der Waals surface area contributed by atoms with Crippen molar-refractivity contribution in [2.75, 3.05) is 13.7 Å². The van der Waals surface area contributed by atoms with Gasteiger partial charge in [0, 0.05) is 25.6 Å². The van der Waals surface area contributed by atoms with E-state index in [9.17, 15) is 22.7 Å². The lowest BCUT2D eigenvalue weighted by Crippen LogP contribution is -2.60. The van der Waals surface area contributed by atoms with Crippen molar-refractivity contribution in [3.63, 3.8) is 0 Å². The SMILES string of the molecule is CN(C(C)(C)C(=O)NC1C(CO)CC2CCCC1C2)S(=O)(=O)c1ccccc1F. The Morgan fingerprint density at radius 1 is 1.28 bits per heavy atom. The number of likely N-dealkylation sites (N-methyl/N-ethyl adjacent to an activating group) is 1. The molecule has 162 valence electrons. The first kappa shape index (κ1) is 22.2. The Hall–Kier alpha value is -1.51. The molecule has 2 fully saturated rings. The number of halogens is 1. The van der Waals surface area contributed by atoms with Crippen LogP contribution in [0.25, 0.3) is 0 Å². The van der Waals surface area contributed by atoms with E-state index in [4.69, 9.17) is 0 Å². The lowest BCUT2D eigenvalue weighted by Gasteiger charge is -2.46. The summed E-state index contributed by atoms with van der Waals surface area (Å²) < 4.78 is 40.9. The third-order valence-electron chi connectivity index (χ3n) is 6.83. The van der Waals surface area contributed by atoms with Crippen molar-refractivity contribution in [3.05, 3.63) is 30.1 Å². The number of benzene rings is 1. The number of fused-ring (bicyclic) bond motifs is 2. The quantitative estimate of drug-likeness (QED) is 0.732. The van der Waals surface area contributed by atoms with Gasteiger partial charge in [-0.25, -0.2) is 12.8 Å². The average molecular weight is 427 g/mol. The molecule has 2 N–H and O–H groups in total. The van der Waals surface area contributed by atoms with Crippen LogP contribution in [0.4, 0.5) is 4.39 Å². The Kier molecular flexibility index (Phi) is 6.36. The molecule has 29 heavy (non-hydrogen) atoms. The number of hydrogen-bond acceptors (Lipinski definition) is 4. The van der Waals surface area contributed by atoms with Crippen molar-refractivity contribution in [3.8, 4) is 0 Å². The van der Waals surface area contributed by atoms with Crippen molar-refractivity contribution in [2.24, 2.45) is 17.8 Å². The first-order chi connectivity index (χ1) is 13.6. The van der Waals surface area contributed by atoms with Crippen LogP contribution in [-0.2, 0) is 14.8 Å². The molecule has 0 saturated heterocycles. The predicted octanol–water partition coefficient (Wildman–Crippen LogP) is 2.53. The Morgan fingerprint density at radius 3 is 2.62 bits per heavy atom. The molecule has 2 aliphatic rings. The minimum absolute atomic E-state index is 0.00173. The highest BCUT2D eigenvalue weighted by atomic mass is 32.2. The summed E-state index contributed by atoms with van der Waals surface area (Å²) in [5, 5.41) is 12.9. The van der Waals surface area contributed by atoms with Crippen LogP contribution < -0.4 is 5.32 Å². The maximum absolute atomic E-state index is 14.1. The van der Waals surface area contributed by atoms with Gasteiger partial charge in [-0.1, -0.05) is 25.0 Å². The Morgan fingerprint density at radius 2 is 1.97 bits per heavy atom. The van der Waals surface area contributed by atoms with Gasteiger partial charge < -0.3 is 10.4 Å². The molecule has 3 rings (SSSR count). The Balaban J connectivity index is 1.81. The van der Waals surface area contributed by atoms with Crippen LogP contribution in [-0.4, -0.2) is 49.0 Å². The molecular weight excluding hydrogens is 395 g/mol. The first-order valence-corrected chi connectivity index (χ1v) is 11.7. The number of hydrogen-bond donors (Lipinski definition) is 2. The summed E-state index contributed by atoms with van der Waals surface area (Å²) in [4.78, 5) is 12.7. The van der Waals surface area contributed by atoms with E-state index in [0.29, 0.717) is 11.8 Å². The minimum atomic E-state index is -4.20. The van der Waals surface area contributed by atoms with Crippen LogP contribution in [0.2, 0.25) is 0 Å². The summed E-state index contributed by atoms with van der Waals surface area (Å²) in [6, 6.07) is 4.97. The second-order valence-electron chi connectivity index (χ2n) is 8.93. The summed E-state index contributed by atoms with van der Waals surface area (Å²) in [6.45, 7) is 3.03. The van der Waals surface area contributed by atoms with Crippen molar-refractivity contribution in [1.82, 2.24) is 9.62 Å². The standard InChI is InChI=1S/C21H31FN2O4S/c1-21(2,24(3)29(27,28)18-10-5-4-9-17(18)22)20(26)23-19-15-8-6-7-14(11-15)12-16(19)13-25/h4-5,9-10,14-16,19,25H,6-8,11-13H2,1-3H3,(H,23,26). The van der Waals surface area contributed by atoms with E-state index in [1.807, 2.05) is 0 Å². The van der Waals surface area contributed by atoms with Gasteiger partial charge in [-0.15, -0.1) is 0 Å². The van der Waals surface area contributed by atoms with Crippen molar-refractivity contribution < 1.29 is 22.7 Å². The number of aliphatic hydroxyl groups is 1. The molecule has 0 aromatic heterocycles. The molecule has 8 heteroatoms. The maximum atomic E-state index is 14.1. The fourth-order valence-electron chi connectivity index (χ4n) is 4.83. The second-order valence-corrected chi connectivity index (χ2v) is 10.9. The van der Waals surface area contributed by atoms with Gasteiger partial charge in [-0.3, -0.25) is 4.79 Å². The number of aliphatic hydroxyl groups excluding tert-OH is 1. The summed E-state index contributed by atoms with van der Waals surface area (Å²) >= 11 is 0. The molecular formula is C21H31FN2O4S. The van der Waals surface area contributed by atoms with Gasteiger partial charge in [0.2, 0.25) is 15.9 Å². The van der Waals surface area contributed by atoms with E-state index >= 15 is 0 Å². The highest BCUT2D eigenvalue weighted by Crippen LogP contribution is 2.42. The number of amides is 1. The van der Waals surface area contributed by atoms with E-state index < -0.39 is 32.2 Å². The van der Waals surface area contributed by atoms with Crippen LogP contribution in [0.15, 0.2) is 29.2 Å². The summed E-state index contributed by atoms with van der Waals surface area (Å²) in [6.07, 6.45) is 5.20. The van der Waals surface area contributed by atoms with Gasteiger partial charge in [0.1, 0.15) is 16.3 Å². The van der Waals surface area contributed by atoms with Crippen LogP contribution in [0.3, 0.4) is 0 Å². The number of sulfonamides is 1. The highest BCUT2D eigenvalue weighted by molar-refractivity contribution is 7.89. The third-order valence-corrected chi connectivity index (χ3v) is 8.89. The van der Waals surface area contributed by atoms with E-state index in [-0.39, 0.29) is 18.6 Å². The molecule has 2 saturated carbocycles. The van der Waals surface area contributed by atoms with Gasteiger partial charge in [-0.05, 0) is 57.1 Å². The topological polar surface area (TPSA) is 86.7 Å². The number of carbonyl (C=O) groups is 1. The van der Waals surface area contributed by atoms with Gasteiger partial charge in [0.15, 0.2) is 0 Å². The van der Waals surface area contributed by atoms with E-state index in [1.54, 1.807) is 0 Å². The molecule has 0 heterocycles. The van der Waals surface area contributed by atoms with E-state index in [1.165, 1.54) is 45.5 Å². The van der Waals surface area contributed by atoms with E-state index in [2.05, 4.69) is 5.32 Å². The van der Waals surface area contributed by atoms with Crippen LogP contribution >= 0.6 is 0 Å². The molecule has 1 aromatic carbocycles. The minimum Gasteiger partial charge on any atom is -0.396 e. The number of nitrogens with zero attached hydrogens (tertiary/aromatic N) is 1. The van der Waals surface area contributed by atoms with Crippen LogP contribution in [0, 0.1) is 23.6 Å². The highest BCUT2D eigenvalue weighted by Gasteiger charge is 2.45. The van der Waals surface area contributed by atoms with Crippen molar-refractivity contribution in [1.29, 1.82) is 0 Å². The zero-order valence-corrected chi connectivity index (χ0v) is 18.1. The molecule has 1 aromatic rings. The molecule has 0 aliphatic heterocycles. The molecule has 0 spiro atoms. The molecule has 0 radical (unpaired) electrons. The van der Waals surface area contributed by atoms with Gasteiger partial charge in [0.25, 0.3) is 0 Å². The van der Waals surface area contributed by atoms with Crippen molar-refractivity contribution >= 4 is 15.9 Å². The predicted molar refractivity (Wildman–Crippen MR) is 108 cm³/mol. The zero-order chi connectivity index (χ0) is 21.4. The molecule has 6 nitrogen and oxygen atoms in total. The van der Waals surface area contributed by atoms with Gasteiger partial charge in [0.05, 0.1) is 0 Å². The van der Waals surface area contributed by atoms with E-state index in [0.717, 1.165) is 36.1 Å². The number of carbonyl (C=O) groups excluding carboxylic acids is 1. The fourth-order valence-corrected chi connectivity index (χ4v) is 6.37. The molecule has 1 amide bonds. The third kappa shape index (κ3) is 4.20. The largest absolute Gasteiger partial charge is 0.396 e. The van der Waals surface area contributed by atoms with Crippen LogP contribution in [0.5, 0.6) is 0 Å². The second kappa shape index (κ2) is 8.32. The van der Waals surface area contributed by atoms with Gasteiger partial charge in [-0.2, -0.15) is 4.31 Å². The monoisotopic (exact) mass is 426 g/mol. The summed E-state index contributed by atoms with van der Waals surface area (Å²) in [7, 11) is -2.91. The normalized spacial score (nSPS) is 27.7. The van der Waals surface area contributed by atoms with Crippen LogP contribution in [0.1, 0.15) is 46.0 Å². The lowest BCUT2D eigenvalue weighted by atomic mass is 9.65. The zero-order valence-electron chi connectivity index (χ0n) is 17.3. The summed E-state index contributed by atoms with van der Waals surface area (Å²) in [5.41, 5.74) is -1.42. The number of nitrogens with one attached hydrogen (secondary N) is 1. The molecule has 2 aliphatic carbocycles. The molecule has 4 atom stereocenters. The molecule has 2 bridgehead atoms. The maximum Gasteiger partial charge on any atom is 0.246 e. The smallest absolute Gasteiger partial charge is 0.246 e. The fraction of sp³-hybridized carbons (Fsp3) is 0.667. The average Bonchev–Trinajstić information content (AvgIpc) is 2.69. The Labute approximate surface area is 172 Å². The molecule has 4 unspecified atom stereocenters. The number of rotatable bonds is 6. The van der Waals surface area contributed by atoms with Crippen molar-refractivity contribution in [2.45, 2.75) is 62.4 Å².